The van der Waals surface area contributed by atoms with Crippen molar-refractivity contribution in [2.24, 2.45) is 0 Å². The summed E-state index contributed by atoms with van der Waals surface area (Å²) >= 11 is 0. The predicted octanol–water partition coefficient (Wildman–Crippen LogP) is 1.66. The molecule has 2 atom stereocenters. The molecular formula is CH4FP2Si. The van der Waals surface area contributed by atoms with E-state index in [2.05, 4.69) is 9.91 Å². The van der Waals surface area contributed by atoms with Crippen LogP contribution in [-0.4, -0.2) is 17.8 Å². The first-order valence-electron chi connectivity index (χ1n) is 2.06. The highest BCUT2D eigenvalue weighted by Crippen LogP contribution is 2.49. The molecule has 0 nitrogen and oxygen atoms in total. The standard InChI is InChI=1S/CH4FP2Si/c1-3-4(2)5/h3H,1H3/i1T,3D. The summed E-state index contributed by atoms with van der Waals surface area (Å²) in [6.07, 6.45) is 0. The van der Waals surface area contributed by atoms with Crippen LogP contribution >= 0.6 is 15.7 Å². The highest BCUT2D eigenvalue weighted by Gasteiger charge is 1.85. The molecule has 0 amide bonds. The smallest absolute Gasteiger partial charge is 0.119 e. The minimum absolute atomic E-state index is 0.0962. The van der Waals surface area contributed by atoms with Crippen LogP contribution in [0.15, 0.2) is 0 Å². The van der Waals surface area contributed by atoms with E-state index in [-0.39, 0.29) is 6.64 Å². The lowest BCUT2D eigenvalue weighted by Crippen LogP contribution is -1.39. The van der Waals surface area contributed by atoms with E-state index in [4.69, 9.17) is 2.65 Å². The van der Waals surface area contributed by atoms with Gasteiger partial charge in [0.05, 0.1) is 8.75 Å². The summed E-state index contributed by atoms with van der Waals surface area (Å²) in [7, 11) is -0.556. The van der Waals surface area contributed by atoms with Gasteiger partial charge in [0, 0.05) is 1.37 Å². The SMILES string of the molecule is [2H]P(C[3H])P(F)[Si]. The normalized spacial score (nSPS) is 26.8. The second-order valence-electron chi connectivity index (χ2n) is 0.402. The Morgan fingerprint density at radius 1 is 2.80 bits per heavy atom. The number of halogens is 1. The van der Waals surface area contributed by atoms with Crippen LogP contribution in [-0.2, 0) is 0 Å². The van der Waals surface area contributed by atoms with Gasteiger partial charge in [-0.05, 0) is 6.64 Å². The van der Waals surface area contributed by atoms with Crippen molar-refractivity contribution in [3.8, 4) is 0 Å². The minimum atomic E-state index is -1.81. The average Bonchev–Trinajstić information content (AvgIpc) is 1.65. The fraction of sp³-hybridized carbons (Fsp3) is 1.00. The van der Waals surface area contributed by atoms with Gasteiger partial charge in [-0.2, -0.15) is 0 Å². The number of rotatable bonds is 1. The van der Waals surface area contributed by atoms with Gasteiger partial charge in [0.15, 0.2) is 0 Å². The van der Waals surface area contributed by atoms with Crippen LogP contribution in [0.5, 0.6) is 0 Å². The summed E-state index contributed by atoms with van der Waals surface area (Å²) in [6, 6.07) is 0. The van der Waals surface area contributed by atoms with Crippen LogP contribution in [0, 0.1) is 0 Å². The maximum absolute atomic E-state index is 11.8. The maximum atomic E-state index is 11.8. The Morgan fingerprint density at radius 2 is 3.40 bits per heavy atom. The zero-order chi connectivity index (χ0) is 5.86. The number of hydrogen-bond acceptors (Lipinski definition) is 0. The molecular weight excluding hydrogens is 121 g/mol. The van der Waals surface area contributed by atoms with E-state index < -0.39 is 15.7 Å². The molecule has 0 aliphatic rings. The molecule has 0 spiro atoms. The van der Waals surface area contributed by atoms with Crippen LogP contribution in [0.2, 0.25) is 0 Å². The van der Waals surface area contributed by atoms with Crippen molar-refractivity contribution in [2.75, 3.05) is 6.64 Å². The van der Waals surface area contributed by atoms with Gasteiger partial charge in [-0.15, -0.1) is 0 Å². The lowest BCUT2D eigenvalue weighted by atomic mass is 12.0. The average molecular weight is 128 g/mol. The highest BCUT2D eigenvalue weighted by molar-refractivity contribution is 8.29. The van der Waals surface area contributed by atoms with Crippen molar-refractivity contribution in [1.29, 1.82) is 1.28 Å². The van der Waals surface area contributed by atoms with Crippen LogP contribution in [0.3, 0.4) is 0 Å². The Kier molecular flexibility index (Phi) is 1.97. The van der Waals surface area contributed by atoms with Gasteiger partial charge in [0.1, 0.15) is 9.91 Å². The Labute approximate surface area is 40.0 Å². The molecule has 0 rings (SSSR count). The Bertz CT molecular complexity index is 53.0. The molecule has 0 saturated carbocycles. The summed E-state index contributed by atoms with van der Waals surface area (Å²) in [6.45, 7) is -0.0962. The Morgan fingerprint density at radius 3 is 3.40 bits per heavy atom. The molecule has 0 saturated heterocycles. The zero-order valence-corrected chi connectivity index (χ0v) is 5.27. The summed E-state index contributed by atoms with van der Waals surface area (Å²) in [5, 5.41) is 0. The molecule has 0 aromatic rings. The summed E-state index contributed by atoms with van der Waals surface area (Å²) < 4.78 is 25.1. The quantitative estimate of drug-likeness (QED) is 0.372. The van der Waals surface area contributed by atoms with Gasteiger partial charge < -0.3 is 0 Å². The van der Waals surface area contributed by atoms with Crippen molar-refractivity contribution in [2.45, 2.75) is 0 Å². The second kappa shape index (κ2) is 3.21. The topological polar surface area (TPSA) is 0 Å². The lowest BCUT2D eigenvalue weighted by Gasteiger charge is -1.86. The first-order chi connectivity index (χ1) is 3.18. The van der Waals surface area contributed by atoms with E-state index in [0.717, 1.165) is 0 Å². The molecule has 3 radical (unpaired) electrons. The predicted molar refractivity (Wildman–Crippen MR) is 28.0 cm³/mol. The molecule has 0 aliphatic heterocycles. The van der Waals surface area contributed by atoms with E-state index in [1.807, 2.05) is 0 Å². The van der Waals surface area contributed by atoms with Crippen molar-refractivity contribution in [3.05, 3.63) is 0 Å². The molecule has 29 valence electrons. The van der Waals surface area contributed by atoms with Gasteiger partial charge in [-0.3, -0.25) is 0 Å². The van der Waals surface area contributed by atoms with E-state index in [1.54, 1.807) is 0 Å². The molecule has 2 unspecified atom stereocenters. The summed E-state index contributed by atoms with van der Waals surface area (Å²) in [5.74, 6) is 0. The maximum Gasteiger partial charge on any atom is 0.119 e. The highest BCUT2D eigenvalue weighted by atomic mass is 32.2. The first-order valence-corrected chi connectivity index (χ1v) is 5.27. The molecule has 4 heteroatoms. The van der Waals surface area contributed by atoms with E-state index in [1.165, 1.54) is 0 Å². The third-order valence-corrected chi connectivity index (χ3v) is 2.39. The van der Waals surface area contributed by atoms with E-state index >= 15 is 0 Å². The molecule has 0 aliphatic carbocycles. The first kappa shape index (κ1) is 3.07. The van der Waals surface area contributed by atoms with Crippen molar-refractivity contribution in [3.63, 3.8) is 0 Å². The van der Waals surface area contributed by atoms with Crippen molar-refractivity contribution in [1.82, 2.24) is 0 Å². The second-order valence-corrected chi connectivity index (χ2v) is 5.41. The molecule has 0 heterocycles. The van der Waals surface area contributed by atoms with E-state index in [0.29, 0.717) is 0 Å². The Balaban J connectivity index is 3.14. The lowest BCUT2D eigenvalue weighted by molar-refractivity contribution is 0.930. The van der Waals surface area contributed by atoms with Crippen LogP contribution in [0.4, 0.5) is 4.20 Å². The van der Waals surface area contributed by atoms with Gasteiger partial charge in [0.2, 0.25) is 0 Å². The molecule has 0 fully saturated rings. The van der Waals surface area contributed by atoms with Crippen molar-refractivity contribution >= 4 is 25.6 Å². The summed E-state index contributed by atoms with van der Waals surface area (Å²) in [5.41, 5.74) is 0. The van der Waals surface area contributed by atoms with Gasteiger partial charge in [0.25, 0.3) is 0 Å². The van der Waals surface area contributed by atoms with Crippen LogP contribution < -0.4 is 0 Å². The van der Waals surface area contributed by atoms with Gasteiger partial charge in [-0.1, -0.05) is 8.21 Å². The molecule has 5 heavy (non-hydrogen) atoms. The minimum Gasteiger partial charge on any atom is -0.229 e. The molecule has 0 aromatic heterocycles. The number of hydrogen-bond donors (Lipinski definition) is 0. The third kappa shape index (κ3) is 5.01. The molecule has 0 N–H and O–H groups in total. The fourth-order valence-corrected chi connectivity index (χ4v) is 0. The van der Waals surface area contributed by atoms with Gasteiger partial charge in [-0.25, -0.2) is 4.20 Å². The molecule has 0 bridgehead atoms. The van der Waals surface area contributed by atoms with Gasteiger partial charge >= 0.3 is 0 Å². The largest absolute Gasteiger partial charge is 0.229 e. The van der Waals surface area contributed by atoms with Crippen LogP contribution in [0.25, 0.3) is 0 Å². The summed E-state index contributed by atoms with van der Waals surface area (Å²) in [4.78, 5) is 0. The molecule has 0 aromatic carbocycles. The Hall–Kier alpha value is 1.01. The third-order valence-electron chi connectivity index (χ3n) is 0.124. The van der Waals surface area contributed by atoms with Crippen LogP contribution in [0.1, 0.15) is 1.37 Å². The fourth-order valence-electron chi connectivity index (χ4n) is 0. The van der Waals surface area contributed by atoms with E-state index in [9.17, 15) is 4.20 Å². The van der Waals surface area contributed by atoms with Crippen molar-refractivity contribution < 1.29 is 5.57 Å². The monoisotopic (exact) mass is 128 g/mol. The zero-order valence-electron chi connectivity index (χ0n) is 4.48.